The fourth-order valence-corrected chi connectivity index (χ4v) is 3.41. The second kappa shape index (κ2) is 3.83. The summed E-state index contributed by atoms with van der Waals surface area (Å²) >= 11 is 0. The lowest BCUT2D eigenvalue weighted by molar-refractivity contribution is 0.0994. The molecule has 1 aliphatic rings. The van der Waals surface area contributed by atoms with Crippen molar-refractivity contribution in [1.82, 2.24) is 0 Å². The fraction of sp³-hybridized carbons (Fsp3) is 0.167. The van der Waals surface area contributed by atoms with Crippen molar-refractivity contribution in [3.8, 4) is 5.75 Å². The van der Waals surface area contributed by atoms with Crippen LogP contribution in [0.5, 0.6) is 5.75 Å². The summed E-state index contributed by atoms with van der Waals surface area (Å²) in [6, 6.07) is 11.6. The average molecular weight is 262 g/mol. The zero-order chi connectivity index (χ0) is 13.9. The normalized spacial score (nSPS) is 14.2. The lowest BCUT2D eigenvalue weighted by Gasteiger charge is -2.11. The van der Waals surface area contributed by atoms with Crippen molar-refractivity contribution in [2.24, 2.45) is 0 Å². The van der Waals surface area contributed by atoms with Crippen molar-refractivity contribution in [2.75, 3.05) is 0 Å². The number of Topliss-reactive ketones (excluding diaryl/α,β-unsaturated/α-hetero) is 1. The molecule has 0 atom stereocenters. The van der Waals surface area contributed by atoms with Gasteiger partial charge in [-0.1, -0.05) is 18.2 Å². The van der Waals surface area contributed by atoms with Crippen LogP contribution >= 0.6 is 0 Å². The molecule has 3 aromatic rings. The first-order valence-corrected chi connectivity index (χ1v) is 6.86. The maximum atomic E-state index is 11.9. The molecule has 0 aromatic heterocycles. The monoisotopic (exact) mass is 262 g/mol. The Labute approximate surface area is 116 Å². The topological polar surface area (TPSA) is 37.3 Å². The number of rotatable bonds is 0. The van der Waals surface area contributed by atoms with Gasteiger partial charge in [0, 0.05) is 12.0 Å². The summed E-state index contributed by atoms with van der Waals surface area (Å²) < 4.78 is 0. The maximum Gasteiger partial charge on any atom is 0.163 e. The summed E-state index contributed by atoms with van der Waals surface area (Å²) in [7, 11) is 0. The largest absolute Gasteiger partial charge is 0.508 e. The Morgan fingerprint density at radius 1 is 1.00 bits per heavy atom. The number of ketones is 1. The number of benzene rings is 3. The van der Waals surface area contributed by atoms with Crippen molar-refractivity contribution >= 4 is 27.3 Å². The molecule has 1 N–H and O–H groups in total. The Bertz CT molecular complexity index is 891. The van der Waals surface area contributed by atoms with E-state index in [0.717, 1.165) is 28.3 Å². The predicted molar refractivity (Wildman–Crippen MR) is 80.5 cm³/mol. The van der Waals surface area contributed by atoms with Crippen molar-refractivity contribution in [2.45, 2.75) is 19.8 Å². The van der Waals surface area contributed by atoms with Crippen molar-refractivity contribution in [3.05, 3.63) is 53.1 Å². The van der Waals surface area contributed by atoms with Crippen LogP contribution in [0.2, 0.25) is 0 Å². The molecule has 0 bridgehead atoms. The molecular weight excluding hydrogens is 248 g/mol. The maximum absolute atomic E-state index is 11.9. The number of carbonyl (C=O) groups excluding carboxylic acids is 1. The van der Waals surface area contributed by atoms with Gasteiger partial charge in [0.05, 0.1) is 0 Å². The first kappa shape index (κ1) is 11.5. The van der Waals surface area contributed by atoms with Crippen molar-refractivity contribution < 1.29 is 9.90 Å². The third-order valence-electron chi connectivity index (χ3n) is 4.31. The molecule has 1 aliphatic carbocycles. The van der Waals surface area contributed by atoms with Gasteiger partial charge in [0.25, 0.3) is 0 Å². The second-order valence-corrected chi connectivity index (χ2v) is 5.54. The summed E-state index contributed by atoms with van der Waals surface area (Å²) in [5.74, 6) is 0.543. The number of phenols is 1. The Morgan fingerprint density at radius 3 is 2.65 bits per heavy atom. The predicted octanol–water partition coefficient (Wildman–Crippen LogP) is 4.14. The van der Waals surface area contributed by atoms with Crippen LogP contribution in [0, 0.1) is 6.92 Å². The number of phenolic OH excluding ortho intramolecular Hbond substituents is 1. The minimum atomic E-state index is 0.260. The number of aryl methyl sites for hydroxylation is 2. The van der Waals surface area contributed by atoms with Crippen molar-refractivity contribution in [3.63, 3.8) is 0 Å². The van der Waals surface area contributed by atoms with E-state index in [2.05, 4.69) is 13.0 Å². The molecule has 0 saturated heterocycles. The molecule has 20 heavy (non-hydrogen) atoms. The van der Waals surface area contributed by atoms with Crippen LogP contribution < -0.4 is 0 Å². The Kier molecular flexibility index (Phi) is 2.19. The third-order valence-corrected chi connectivity index (χ3v) is 4.31. The van der Waals surface area contributed by atoms with E-state index in [-0.39, 0.29) is 11.5 Å². The zero-order valence-corrected chi connectivity index (χ0v) is 11.2. The summed E-state index contributed by atoms with van der Waals surface area (Å²) in [5, 5.41) is 14.2. The average Bonchev–Trinajstić information content (AvgIpc) is 2.80. The van der Waals surface area contributed by atoms with Crippen LogP contribution in [0.4, 0.5) is 0 Å². The minimum Gasteiger partial charge on any atom is -0.508 e. The van der Waals surface area contributed by atoms with Gasteiger partial charge in [0.1, 0.15) is 5.75 Å². The Hall–Kier alpha value is -2.35. The van der Waals surface area contributed by atoms with Gasteiger partial charge in [-0.3, -0.25) is 4.79 Å². The fourth-order valence-electron chi connectivity index (χ4n) is 3.41. The van der Waals surface area contributed by atoms with Gasteiger partial charge in [-0.25, -0.2) is 0 Å². The molecule has 0 amide bonds. The molecule has 2 heteroatoms. The highest BCUT2D eigenvalue weighted by atomic mass is 16.3. The van der Waals surface area contributed by atoms with E-state index in [1.54, 1.807) is 12.1 Å². The van der Waals surface area contributed by atoms with Gasteiger partial charge in [0.2, 0.25) is 0 Å². The lowest BCUT2D eigenvalue weighted by Crippen LogP contribution is -1.94. The highest BCUT2D eigenvalue weighted by Gasteiger charge is 2.23. The molecule has 0 spiro atoms. The van der Waals surface area contributed by atoms with Crippen LogP contribution in [0.25, 0.3) is 21.5 Å². The molecule has 0 radical (unpaired) electrons. The van der Waals surface area contributed by atoms with Crippen LogP contribution in [-0.2, 0) is 6.42 Å². The zero-order valence-electron chi connectivity index (χ0n) is 11.2. The van der Waals surface area contributed by atoms with E-state index in [9.17, 15) is 9.90 Å². The van der Waals surface area contributed by atoms with Gasteiger partial charge in [-0.15, -0.1) is 0 Å². The first-order chi connectivity index (χ1) is 9.65. The Balaban J connectivity index is 2.22. The summed E-state index contributed by atoms with van der Waals surface area (Å²) in [5.41, 5.74) is 3.21. The van der Waals surface area contributed by atoms with Gasteiger partial charge >= 0.3 is 0 Å². The number of aromatic hydroxyl groups is 1. The van der Waals surface area contributed by atoms with E-state index in [1.165, 1.54) is 16.3 Å². The minimum absolute atomic E-state index is 0.260. The summed E-state index contributed by atoms with van der Waals surface area (Å²) in [6.45, 7) is 2.06. The molecule has 0 fully saturated rings. The number of carbonyl (C=O) groups is 1. The molecule has 2 nitrogen and oxygen atoms in total. The van der Waals surface area contributed by atoms with Crippen LogP contribution in [0.3, 0.4) is 0 Å². The Morgan fingerprint density at radius 2 is 1.80 bits per heavy atom. The molecule has 0 saturated carbocycles. The van der Waals surface area contributed by atoms with E-state index < -0.39 is 0 Å². The quantitative estimate of drug-likeness (QED) is 0.618. The number of hydrogen-bond donors (Lipinski definition) is 1. The molecule has 4 rings (SSSR count). The molecule has 0 aliphatic heterocycles. The van der Waals surface area contributed by atoms with E-state index in [0.29, 0.717) is 6.42 Å². The van der Waals surface area contributed by atoms with Gasteiger partial charge < -0.3 is 5.11 Å². The van der Waals surface area contributed by atoms with Crippen LogP contribution in [0.1, 0.15) is 27.9 Å². The highest BCUT2D eigenvalue weighted by molar-refractivity contribution is 6.14. The van der Waals surface area contributed by atoms with Gasteiger partial charge in [-0.05, 0) is 64.2 Å². The molecule has 0 unspecified atom stereocenters. The van der Waals surface area contributed by atoms with Crippen LogP contribution in [0.15, 0.2) is 36.4 Å². The first-order valence-electron chi connectivity index (χ1n) is 6.86. The lowest BCUT2D eigenvalue weighted by atomic mass is 9.92. The SMILES string of the molecule is Cc1cc2c(c3ccc4cc(O)ccc4c13)CCC2=O. The number of fused-ring (bicyclic) bond motifs is 5. The highest BCUT2D eigenvalue weighted by Crippen LogP contribution is 2.36. The molecular formula is C18H14O2. The standard InChI is InChI=1S/C18H14O2/c1-10-8-16-14(6-7-17(16)20)15-4-2-11-9-12(19)3-5-13(11)18(10)15/h2-5,8-9,19H,6-7H2,1H3. The van der Waals surface area contributed by atoms with Gasteiger partial charge in [0.15, 0.2) is 5.78 Å². The van der Waals surface area contributed by atoms with E-state index in [4.69, 9.17) is 0 Å². The van der Waals surface area contributed by atoms with E-state index in [1.807, 2.05) is 18.2 Å². The molecule has 3 aromatic carbocycles. The summed E-state index contributed by atoms with van der Waals surface area (Å²) in [4.78, 5) is 11.9. The third kappa shape index (κ3) is 1.42. The van der Waals surface area contributed by atoms with Gasteiger partial charge in [-0.2, -0.15) is 0 Å². The van der Waals surface area contributed by atoms with Crippen molar-refractivity contribution in [1.29, 1.82) is 0 Å². The van der Waals surface area contributed by atoms with E-state index >= 15 is 0 Å². The smallest absolute Gasteiger partial charge is 0.163 e. The molecule has 0 heterocycles. The van der Waals surface area contributed by atoms with Crippen LogP contribution in [-0.4, -0.2) is 10.9 Å². The summed E-state index contributed by atoms with van der Waals surface area (Å²) in [6.07, 6.45) is 1.47. The second-order valence-electron chi connectivity index (χ2n) is 5.54. The molecule has 98 valence electrons. The number of hydrogen-bond acceptors (Lipinski definition) is 2.